The molecule has 0 unspecified atom stereocenters. The lowest BCUT2D eigenvalue weighted by molar-refractivity contribution is 0.0883. The van der Waals surface area contributed by atoms with Crippen molar-refractivity contribution < 1.29 is 9.21 Å². The maximum absolute atomic E-state index is 12.2. The largest absolute Gasteiger partial charge is 0.461 e. The van der Waals surface area contributed by atoms with Crippen molar-refractivity contribution in [3.05, 3.63) is 23.2 Å². The first kappa shape index (κ1) is 11.4. The Hall–Kier alpha value is -1.05. The second-order valence-corrected chi connectivity index (χ2v) is 4.65. The highest BCUT2D eigenvalue weighted by atomic mass is 16.3. The van der Waals surface area contributed by atoms with E-state index in [9.17, 15) is 4.79 Å². The van der Waals surface area contributed by atoms with Gasteiger partial charge < -0.3 is 4.42 Å². The van der Waals surface area contributed by atoms with Crippen molar-refractivity contribution >= 4 is 5.78 Å². The van der Waals surface area contributed by atoms with Gasteiger partial charge in [0.15, 0.2) is 5.76 Å². The first-order chi connectivity index (χ1) is 7.77. The van der Waals surface area contributed by atoms with Gasteiger partial charge in [-0.3, -0.25) is 4.79 Å². The third kappa shape index (κ3) is 1.93. The Bertz CT molecular complexity index is 372. The van der Waals surface area contributed by atoms with Gasteiger partial charge in [0.25, 0.3) is 0 Å². The molecule has 2 nitrogen and oxygen atoms in total. The zero-order chi connectivity index (χ0) is 11.5. The third-order valence-electron chi connectivity index (χ3n) is 3.68. The van der Waals surface area contributed by atoms with E-state index in [0.29, 0.717) is 5.76 Å². The molecule has 2 heteroatoms. The van der Waals surface area contributed by atoms with Gasteiger partial charge in [-0.25, -0.2) is 0 Å². The number of rotatable bonds is 4. The second kappa shape index (κ2) is 4.86. The van der Waals surface area contributed by atoms with Crippen LogP contribution >= 0.6 is 0 Å². The SMILES string of the molecule is CCC(CC)C(=O)c1occ2c1CCCC2. The number of furan rings is 1. The molecule has 0 N–H and O–H groups in total. The van der Waals surface area contributed by atoms with Crippen LogP contribution in [0.3, 0.4) is 0 Å². The molecular formula is C14H20O2. The van der Waals surface area contributed by atoms with E-state index in [1.165, 1.54) is 24.0 Å². The number of ketones is 1. The molecule has 0 aromatic carbocycles. The highest BCUT2D eigenvalue weighted by Crippen LogP contribution is 2.29. The van der Waals surface area contributed by atoms with Gasteiger partial charge in [-0.1, -0.05) is 13.8 Å². The van der Waals surface area contributed by atoms with Crippen molar-refractivity contribution in [1.29, 1.82) is 0 Å². The molecular weight excluding hydrogens is 200 g/mol. The summed E-state index contributed by atoms with van der Waals surface area (Å²) in [4.78, 5) is 12.2. The summed E-state index contributed by atoms with van der Waals surface area (Å²) in [7, 11) is 0. The van der Waals surface area contributed by atoms with Crippen LogP contribution in [-0.2, 0) is 12.8 Å². The Morgan fingerprint density at radius 1 is 1.31 bits per heavy atom. The molecule has 1 aromatic rings. The van der Waals surface area contributed by atoms with Gasteiger partial charge in [0, 0.05) is 11.5 Å². The lowest BCUT2D eigenvalue weighted by Gasteiger charge is -2.13. The van der Waals surface area contributed by atoms with Gasteiger partial charge in [0.05, 0.1) is 6.26 Å². The molecule has 0 radical (unpaired) electrons. The van der Waals surface area contributed by atoms with Gasteiger partial charge in [-0.2, -0.15) is 0 Å². The number of fused-ring (bicyclic) bond motifs is 1. The lowest BCUT2D eigenvalue weighted by atomic mass is 9.89. The highest BCUT2D eigenvalue weighted by molar-refractivity contribution is 5.97. The van der Waals surface area contributed by atoms with E-state index < -0.39 is 0 Å². The minimum atomic E-state index is 0.136. The van der Waals surface area contributed by atoms with Crippen LogP contribution < -0.4 is 0 Å². The van der Waals surface area contributed by atoms with Crippen LogP contribution in [-0.4, -0.2) is 5.78 Å². The van der Waals surface area contributed by atoms with Crippen molar-refractivity contribution in [2.24, 2.45) is 5.92 Å². The molecule has 0 spiro atoms. The third-order valence-corrected chi connectivity index (χ3v) is 3.68. The minimum absolute atomic E-state index is 0.136. The molecule has 88 valence electrons. The summed E-state index contributed by atoms with van der Waals surface area (Å²) in [6.45, 7) is 4.14. The summed E-state index contributed by atoms with van der Waals surface area (Å²) >= 11 is 0. The van der Waals surface area contributed by atoms with Crippen LogP contribution in [0.25, 0.3) is 0 Å². The zero-order valence-electron chi connectivity index (χ0n) is 10.2. The Morgan fingerprint density at radius 3 is 2.69 bits per heavy atom. The average molecular weight is 220 g/mol. The highest BCUT2D eigenvalue weighted by Gasteiger charge is 2.26. The molecule has 0 bridgehead atoms. The molecule has 0 saturated heterocycles. The van der Waals surface area contributed by atoms with Gasteiger partial charge in [0.2, 0.25) is 5.78 Å². The summed E-state index contributed by atoms with van der Waals surface area (Å²) in [5, 5.41) is 0. The number of carbonyl (C=O) groups excluding carboxylic acids is 1. The van der Waals surface area contributed by atoms with Crippen LogP contribution in [0.5, 0.6) is 0 Å². The van der Waals surface area contributed by atoms with Crippen LogP contribution in [0, 0.1) is 5.92 Å². The quantitative estimate of drug-likeness (QED) is 0.723. The molecule has 1 aromatic heterocycles. The van der Waals surface area contributed by atoms with Crippen LogP contribution in [0.15, 0.2) is 10.7 Å². The van der Waals surface area contributed by atoms with Crippen molar-refractivity contribution in [1.82, 2.24) is 0 Å². The zero-order valence-corrected chi connectivity index (χ0v) is 10.2. The van der Waals surface area contributed by atoms with Crippen molar-refractivity contribution in [3.8, 4) is 0 Å². The fourth-order valence-corrected chi connectivity index (χ4v) is 2.57. The molecule has 1 aliphatic rings. The second-order valence-electron chi connectivity index (χ2n) is 4.65. The topological polar surface area (TPSA) is 30.2 Å². The molecule has 1 heterocycles. The fourth-order valence-electron chi connectivity index (χ4n) is 2.57. The Morgan fingerprint density at radius 2 is 2.00 bits per heavy atom. The van der Waals surface area contributed by atoms with Crippen LogP contribution in [0.4, 0.5) is 0 Å². The molecule has 0 saturated carbocycles. The number of hydrogen-bond donors (Lipinski definition) is 0. The van der Waals surface area contributed by atoms with Gasteiger partial charge >= 0.3 is 0 Å². The normalized spacial score (nSPS) is 15.2. The predicted octanol–water partition coefficient (Wildman–Crippen LogP) is 3.78. The molecule has 2 rings (SSSR count). The molecule has 0 fully saturated rings. The molecule has 0 aliphatic heterocycles. The first-order valence-corrected chi connectivity index (χ1v) is 6.41. The van der Waals surface area contributed by atoms with Crippen LogP contribution in [0.1, 0.15) is 61.2 Å². The van der Waals surface area contributed by atoms with Crippen molar-refractivity contribution in [3.63, 3.8) is 0 Å². The summed E-state index contributed by atoms with van der Waals surface area (Å²) < 4.78 is 5.51. The summed E-state index contributed by atoms with van der Waals surface area (Å²) in [5.41, 5.74) is 2.46. The number of carbonyl (C=O) groups is 1. The monoisotopic (exact) mass is 220 g/mol. The number of hydrogen-bond acceptors (Lipinski definition) is 2. The maximum atomic E-state index is 12.2. The number of aryl methyl sites for hydroxylation is 1. The predicted molar refractivity (Wildman–Crippen MR) is 63.8 cm³/mol. The van der Waals surface area contributed by atoms with Crippen molar-refractivity contribution in [2.45, 2.75) is 52.4 Å². The average Bonchev–Trinajstić information content (AvgIpc) is 2.74. The summed E-state index contributed by atoms with van der Waals surface area (Å²) in [6, 6.07) is 0. The van der Waals surface area contributed by atoms with E-state index in [0.717, 1.165) is 25.7 Å². The van der Waals surface area contributed by atoms with E-state index in [-0.39, 0.29) is 11.7 Å². The van der Waals surface area contributed by atoms with E-state index in [1.54, 1.807) is 6.26 Å². The van der Waals surface area contributed by atoms with E-state index in [2.05, 4.69) is 13.8 Å². The number of Topliss-reactive ketones (excluding diaryl/α,β-unsaturated/α-hetero) is 1. The minimum Gasteiger partial charge on any atom is -0.461 e. The smallest absolute Gasteiger partial charge is 0.201 e. The Kier molecular flexibility index (Phi) is 3.47. The van der Waals surface area contributed by atoms with Gasteiger partial charge in [-0.05, 0) is 44.1 Å². The molecule has 1 aliphatic carbocycles. The first-order valence-electron chi connectivity index (χ1n) is 6.41. The van der Waals surface area contributed by atoms with Crippen molar-refractivity contribution in [2.75, 3.05) is 0 Å². The molecule has 0 atom stereocenters. The summed E-state index contributed by atoms with van der Waals surface area (Å²) in [5.74, 6) is 1.01. The molecule has 16 heavy (non-hydrogen) atoms. The molecule has 0 amide bonds. The maximum Gasteiger partial charge on any atom is 0.201 e. The standard InChI is InChI=1S/C14H20O2/c1-3-10(4-2)13(15)14-12-8-6-5-7-11(12)9-16-14/h9-10H,3-8H2,1-2H3. The van der Waals surface area contributed by atoms with Crippen LogP contribution in [0.2, 0.25) is 0 Å². The summed E-state index contributed by atoms with van der Waals surface area (Å²) in [6.07, 6.45) is 8.13. The van der Waals surface area contributed by atoms with E-state index in [4.69, 9.17) is 4.42 Å². The van der Waals surface area contributed by atoms with E-state index >= 15 is 0 Å². The lowest BCUT2D eigenvalue weighted by Crippen LogP contribution is -2.15. The Balaban J connectivity index is 2.26. The fraction of sp³-hybridized carbons (Fsp3) is 0.643. The van der Waals surface area contributed by atoms with E-state index in [1.807, 2.05) is 0 Å². The van der Waals surface area contributed by atoms with Gasteiger partial charge in [0.1, 0.15) is 0 Å². The van der Waals surface area contributed by atoms with Gasteiger partial charge in [-0.15, -0.1) is 0 Å². The Labute approximate surface area is 97.0 Å².